The predicted molar refractivity (Wildman–Crippen MR) is 65.3 cm³/mol. The number of ether oxygens (including phenoxy) is 2. The van der Waals surface area contributed by atoms with Gasteiger partial charge in [-0.1, -0.05) is 5.16 Å². The fourth-order valence-electron chi connectivity index (χ4n) is 2.20. The summed E-state index contributed by atoms with van der Waals surface area (Å²) in [6.07, 6.45) is 3.75. The number of nitrogens with one attached hydrogen (secondary N) is 1. The van der Waals surface area contributed by atoms with Crippen molar-refractivity contribution in [2.24, 2.45) is 0 Å². The molecule has 1 atom stereocenters. The Hall–Kier alpha value is -0.980. The fourth-order valence-corrected chi connectivity index (χ4v) is 2.20. The molecule has 1 unspecified atom stereocenters. The molecule has 1 N–H and O–H groups in total. The molecule has 0 bridgehead atoms. The van der Waals surface area contributed by atoms with Gasteiger partial charge in [-0.05, 0) is 26.3 Å². The molecule has 18 heavy (non-hydrogen) atoms. The Morgan fingerprint density at radius 3 is 2.72 bits per heavy atom. The predicted octanol–water partition coefficient (Wildman–Crippen LogP) is 0.872. The highest BCUT2D eigenvalue weighted by Crippen LogP contribution is 2.42. The first-order valence-electron chi connectivity index (χ1n) is 6.28. The molecule has 1 aliphatic rings. The first-order valence-corrected chi connectivity index (χ1v) is 6.28. The number of hydrogen-bond donors (Lipinski definition) is 1. The van der Waals surface area contributed by atoms with E-state index >= 15 is 0 Å². The van der Waals surface area contributed by atoms with Crippen molar-refractivity contribution >= 4 is 0 Å². The molecule has 0 spiro atoms. The summed E-state index contributed by atoms with van der Waals surface area (Å²) in [6.45, 7) is 0.615. The van der Waals surface area contributed by atoms with Crippen LogP contribution in [0.25, 0.3) is 0 Å². The first-order chi connectivity index (χ1) is 8.74. The van der Waals surface area contributed by atoms with Crippen LogP contribution in [0.5, 0.6) is 0 Å². The molecule has 0 amide bonds. The molecule has 2 rings (SSSR count). The molecule has 1 aromatic heterocycles. The number of methoxy groups -OCH3 is 2. The van der Waals surface area contributed by atoms with E-state index in [1.165, 1.54) is 0 Å². The van der Waals surface area contributed by atoms with Gasteiger partial charge >= 0.3 is 0 Å². The summed E-state index contributed by atoms with van der Waals surface area (Å²) in [6, 6.07) is 0.184. The molecule has 0 aliphatic heterocycles. The lowest BCUT2D eigenvalue weighted by molar-refractivity contribution is -0.0858. The van der Waals surface area contributed by atoms with E-state index in [0.29, 0.717) is 24.7 Å². The van der Waals surface area contributed by atoms with E-state index in [-0.39, 0.29) is 11.6 Å². The smallest absolute Gasteiger partial charge is 0.228 e. The monoisotopic (exact) mass is 255 g/mol. The quantitative estimate of drug-likeness (QED) is 0.779. The van der Waals surface area contributed by atoms with Gasteiger partial charge in [-0.25, -0.2) is 0 Å². The number of hydrogen-bond acceptors (Lipinski definition) is 6. The number of nitrogens with zero attached hydrogens (tertiary/aromatic N) is 2. The molecule has 0 radical (unpaired) electrons. The lowest BCUT2D eigenvalue weighted by Gasteiger charge is -2.37. The normalized spacial score (nSPS) is 19.5. The molecular weight excluding hydrogens is 234 g/mol. The standard InChI is InChI=1S/C12H21N3O3/c1-13-9(8-16-2)7-10-14-11(15-18-10)12(17-3)5-4-6-12/h9,13H,4-8H2,1-3H3. The third kappa shape index (κ3) is 2.55. The second-order valence-corrected chi connectivity index (χ2v) is 4.71. The molecule has 1 fully saturated rings. The summed E-state index contributed by atoms with van der Waals surface area (Å²) < 4.78 is 15.9. The van der Waals surface area contributed by atoms with Gasteiger partial charge in [-0.3, -0.25) is 0 Å². The zero-order chi connectivity index (χ0) is 13.0. The van der Waals surface area contributed by atoms with Crippen molar-refractivity contribution in [3.05, 3.63) is 11.7 Å². The van der Waals surface area contributed by atoms with Crippen molar-refractivity contribution in [1.29, 1.82) is 0 Å². The van der Waals surface area contributed by atoms with Crippen molar-refractivity contribution in [3.8, 4) is 0 Å². The van der Waals surface area contributed by atoms with Gasteiger partial charge in [-0.15, -0.1) is 0 Å². The Morgan fingerprint density at radius 1 is 1.44 bits per heavy atom. The van der Waals surface area contributed by atoms with Gasteiger partial charge in [0.05, 0.1) is 6.61 Å². The summed E-state index contributed by atoms with van der Waals surface area (Å²) in [5.74, 6) is 1.31. The Labute approximate surface area is 107 Å². The molecule has 6 heteroatoms. The van der Waals surface area contributed by atoms with Crippen LogP contribution < -0.4 is 5.32 Å². The molecular formula is C12H21N3O3. The van der Waals surface area contributed by atoms with Crippen molar-refractivity contribution in [2.75, 3.05) is 27.9 Å². The van der Waals surface area contributed by atoms with Crippen LogP contribution in [0.1, 0.15) is 31.0 Å². The van der Waals surface area contributed by atoms with E-state index in [9.17, 15) is 0 Å². The second-order valence-electron chi connectivity index (χ2n) is 4.71. The molecule has 1 aromatic rings. The minimum Gasteiger partial charge on any atom is -0.383 e. The van der Waals surface area contributed by atoms with E-state index in [1.807, 2.05) is 7.05 Å². The van der Waals surface area contributed by atoms with Gasteiger partial charge in [0, 0.05) is 26.7 Å². The van der Waals surface area contributed by atoms with Crippen molar-refractivity contribution in [2.45, 2.75) is 37.3 Å². The van der Waals surface area contributed by atoms with Crippen LogP contribution in [-0.2, 0) is 21.5 Å². The largest absolute Gasteiger partial charge is 0.383 e. The molecule has 0 aromatic carbocycles. The van der Waals surface area contributed by atoms with Gasteiger partial charge in [0.25, 0.3) is 0 Å². The van der Waals surface area contributed by atoms with E-state index < -0.39 is 0 Å². The summed E-state index contributed by atoms with van der Waals surface area (Å²) in [7, 11) is 5.28. The third-order valence-electron chi connectivity index (χ3n) is 3.62. The fraction of sp³-hybridized carbons (Fsp3) is 0.833. The Morgan fingerprint density at radius 2 is 2.22 bits per heavy atom. The molecule has 6 nitrogen and oxygen atoms in total. The average molecular weight is 255 g/mol. The van der Waals surface area contributed by atoms with Gasteiger partial charge in [0.1, 0.15) is 5.60 Å². The van der Waals surface area contributed by atoms with Gasteiger partial charge in [0.2, 0.25) is 11.7 Å². The molecule has 102 valence electrons. The maximum atomic E-state index is 5.53. The van der Waals surface area contributed by atoms with Gasteiger partial charge < -0.3 is 19.3 Å². The van der Waals surface area contributed by atoms with Crippen LogP contribution in [0.2, 0.25) is 0 Å². The van der Waals surface area contributed by atoms with E-state index in [2.05, 4.69) is 15.5 Å². The van der Waals surface area contributed by atoms with Crippen LogP contribution in [0, 0.1) is 0 Å². The van der Waals surface area contributed by atoms with Crippen molar-refractivity contribution < 1.29 is 14.0 Å². The SMILES string of the molecule is CNC(COC)Cc1nc(C2(OC)CCC2)no1. The summed E-state index contributed by atoms with van der Waals surface area (Å²) in [5.41, 5.74) is -0.307. The summed E-state index contributed by atoms with van der Waals surface area (Å²) in [4.78, 5) is 4.45. The van der Waals surface area contributed by atoms with Crippen LogP contribution in [0.15, 0.2) is 4.52 Å². The number of likely N-dealkylation sites (N-methyl/N-ethyl adjacent to an activating group) is 1. The molecule has 1 aliphatic carbocycles. The van der Waals surface area contributed by atoms with Gasteiger partial charge in [0.15, 0.2) is 0 Å². The van der Waals surface area contributed by atoms with E-state index in [1.54, 1.807) is 14.2 Å². The van der Waals surface area contributed by atoms with E-state index in [0.717, 1.165) is 19.3 Å². The summed E-state index contributed by atoms with van der Waals surface area (Å²) in [5, 5.41) is 7.21. The minimum atomic E-state index is -0.307. The van der Waals surface area contributed by atoms with Crippen LogP contribution in [0.3, 0.4) is 0 Å². The zero-order valence-electron chi connectivity index (χ0n) is 11.2. The highest BCUT2D eigenvalue weighted by molar-refractivity contribution is 5.07. The average Bonchev–Trinajstić information content (AvgIpc) is 2.77. The molecule has 1 saturated carbocycles. The number of aromatic nitrogens is 2. The Kier molecular flexibility index (Phi) is 4.31. The highest BCUT2D eigenvalue weighted by atomic mass is 16.5. The van der Waals surface area contributed by atoms with Crippen molar-refractivity contribution in [3.63, 3.8) is 0 Å². The summed E-state index contributed by atoms with van der Waals surface area (Å²) >= 11 is 0. The zero-order valence-corrected chi connectivity index (χ0v) is 11.2. The minimum absolute atomic E-state index is 0.184. The lowest BCUT2D eigenvalue weighted by Crippen LogP contribution is -2.37. The maximum absolute atomic E-state index is 5.53. The van der Waals surface area contributed by atoms with Crippen LogP contribution >= 0.6 is 0 Å². The third-order valence-corrected chi connectivity index (χ3v) is 3.62. The topological polar surface area (TPSA) is 69.4 Å². The first kappa shape index (κ1) is 13.5. The number of rotatable bonds is 7. The Bertz CT molecular complexity index is 371. The van der Waals surface area contributed by atoms with Crippen LogP contribution in [-0.4, -0.2) is 44.1 Å². The second kappa shape index (κ2) is 5.77. The lowest BCUT2D eigenvalue weighted by atomic mass is 9.79. The Balaban J connectivity index is 2.01. The highest BCUT2D eigenvalue weighted by Gasteiger charge is 2.43. The maximum Gasteiger partial charge on any atom is 0.228 e. The van der Waals surface area contributed by atoms with Gasteiger partial charge in [-0.2, -0.15) is 4.98 Å². The molecule has 1 heterocycles. The molecule has 0 saturated heterocycles. The van der Waals surface area contributed by atoms with Crippen molar-refractivity contribution in [1.82, 2.24) is 15.5 Å². The van der Waals surface area contributed by atoms with Crippen LogP contribution in [0.4, 0.5) is 0 Å². The van der Waals surface area contributed by atoms with E-state index in [4.69, 9.17) is 14.0 Å².